The number of aromatic nitrogens is 1. The summed E-state index contributed by atoms with van der Waals surface area (Å²) in [6.45, 7) is 11.2. The number of carbonyl (C=O) groups excluding carboxylic acids is 1. The Morgan fingerprint density at radius 3 is 2.45 bits per heavy atom. The van der Waals surface area contributed by atoms with Gasteiger partial charge in [-0.1, -0.05) is 30.3 Å². The van der Waals surface area contributed by atoms with E-state index in [1.54, 1.807) is 0 Å². The Hall–Kier alpha value is -3.35. The highest BCUT2D eigenvalue weighted by Crippen LogP contribution is 2.39. The predicted molar refractivity (Wildman–Crippen MR) is 161 cm³/mol. The monoisotopic (exact) mass is 572 g/mol. The summed E-state index contributed by atoms with van der Waals surface area (Å²) in [7, 11) is 2.14. The lowest BCUT2D eigenvalue weighted by atomic mass is 9.95. The molecular weight excluding hydrogens is 528 g/mol. The standard InChI is InChI=1S/C33H44N6O3/c1-33(2,3)42-32(40)39-24-12-13-25(39)20-38(19-24)30-27-14-16-37(18-23-9-6-5-7-10-23)21-29(27)28(17-34)31(35-30)41-22-26-11-8-15-36(26)4/h5-7,9-10,24-26H,8,11-16,18-22H2,1-4H3/t24?,25?,26-/m0/s1. The number of likely N-dealkylation sites (N-methyl/N-ethyl adjacent to an activating group) is 1. The molecule has 1 aromatic carbocycles. The summed E-state index contributed by atoms with van der Waals surface area (Å²) in [5.41, 5.74) is 3.52. The molecule has 2 aromatic rings. The minimum Gasteiger partial charge on any atom is -0.475 e. The van der Waals surface area contributed by atoms with Crippen LogP contribution in [0.2, 0.25) is 0 Å². The van der Waals surface area contributed by atoms with Gasteiger partial charge in [-0.15, -0.1) is 0 Å². The molecule has 0 N–H and O–H groups in total. The number of amides is 1. The van der Waals surface area contributed by atoms with E-state index in [0.717, 1.165) is 68.7 Å². The first-order chi connectivity index (χ1) is 20.2. The van der Waals surface area contributed by atoms with Crippen molar-refractivity contribution in [1.29, 1.82) is 5.26 Å². The number of fused-ring (bicyclic) bond motifs is 3. The first-order valence-corrected chi connectivity index (χ1v) is 15.5. The minimum atomic E-state index is -0.521. The lowest BCUT2D eigenvalue weighted by Crippen LogP contribution is -2.57. The van der Waals surface area contributed by atoms with E-state index in [0.29, 0.717) is 43.7 Å². The van der Waals surface area contributed by atoms with Gasteiger partial charge in [-0.3, -0.25) is 9.80 Å². The molecule has 4 aliphatic heterocycles. The van der Waals surface area contributed by atoms with Gasteiger partial charge < -0.3 is 19.3 Å². The summed E-state index contributed by atoms with van der Waals surface area (Å²) < 4.78 is 12.2. The van der Waals surface area contributed by atoms with Crippen LogP contribution in [0.15, 0.2) is 30.3 Å². The van der Waals surface area contributed by atoms with Crippen LogP contribution in [0.1, 0.15) is 68.7 Å². The molecule has 1 amide bonds. The molecule has 0 aliphatic carbocycles. The van der Waals surface area contributed by atoms with Gasteiger partial charge in [-0.25, -0.2) is 4.79 Å². The molecule has 6 rings (SSSR count). The van der Waals surface area contributed by atoms with Crippen molar-refractivity contribution in [3.05, 3.63) is 52.6 Å². The lowest BCUT2D eigenvalue weighted by Gasteiger charge is -2.43. The van der Waals surface area contributed by atoms with E-state index in [2.05, 4.69) is 52.1 Å². The lowest BCUT2D eigenvalue weighted by molar-refractivity contribution is 0.0122. The third-order valence-corrected chi connectivity index (χ3v) is 9.25. The Morgan fingerprint density at radius 1 is 1.07 bits per heavy atom. The van der Waals surface area contributed by atoms with E-state index < -0.39 is 5.60 Å². The first-order valence-electron chi connectivity index (χ1n) is 15.5. The zero-order valence-electron chi connectivity index (χ0n) is 25.5. The molecule has 2 bridgehead atoms. The Labute approximate surface area is 250 Å². The molecule has 0 saturated carbocycles. The number of piperazine rings is 1. The number of carbonyl (C=O) groups is 1. The number of rotatable bonds is 6. The average Bonchev–Trinajstić information content (AvgIpc) is 3.49. The van der Waals surface area contributed by atoms with Crippen LogP contribution in [0.3, 0.4) is 0 Å². The van der Waals surface area contributed by atoms with Crippen molar-refractivity contribution in [1.82, 2.24) is 19.7 Å². The second-order valence-corrected chi connectivity index (χ2v) is 13.4. The highest BCUT2D eigenvalue weighted by molar-refractivity contribution is 5.71. The largest absolute Gasteiger partial charge is 0.475 e. The molecule has 3 fully saturated rings. The molecule has 224 valence electrons. The molecule has 42 heavy (non-hydrogen) atoms. The zero-order valence-corrected chi connectivity index (χ0v) is 25.5. The maximum absolute atomic E-state index is 13.1. The number of likely N-dealkylation sites (tertiary alicyclic amines) is 1. The van der Waals surface area contributed by atoms with Crippen LogP contribution in [0, 0.1) is 11.3 Å². The van der Waals surface area contributed by atoms with E-state index in [9.17, 15) is 10.1 Å². The number of ether oxygens (including phenoxy) is 2. The van der Waals surface area contributed by atoms with E-state index in [4.69, 9.17) is 14.5 Å². The van der Waals surface area contributed by atoms with Crippen molar-refractivity contribution >= 4 is 11.9 Å². The quantitative estimate of drug-likeness (QED) is 0.498. The number of nitrogens with zero attached hydrogens (tertiary/aromatic N) is 6. The van der Waals surface area contributed by atoms with E-state index in [1.165, 1.54) is 5.56 Å². The number of benzene rings is 1. The van der Waals surface area contributed by atoms with Crippen LogP contribution >= 0.6 is 0 Å². The Morgan fingerprint density at radius 2 is 1.81 bits per heavy atom. The molecule has 0 spiro atoms. The Bertz CT molecular complexity index is 1320. The van der Waals surface area contributed by atoms with Crippen molar-refractivity contribution < 1.29 is 14.3 Å². The smallest absolute Gasteiger partial charge is 0.410 e. The molecular formula is C33H44N6O3. The first kappa shape index (κ1) is 28.8. The second kappa shape index (κ2) is 11.7. The van der Waals surface area contributed by atoms with Gasteiger partial charge in [-0.05, 0) is 77.6 Å². The van der Waals surface area contributed by atoms with Gasteiger partial charge >= 0.3 is 6.09 Å². The van der Waals surface area contributed by atoms with E-state index in [1.807, 2.05) is 31.7 Å². The molecule has 2 unspecified atom stereocenters. The van der Waals surface area contributed by atoms with E-state index >= 15 is 0 Å². The van der Waals surface area contributed by atoms with Crippen molar-refractivity contribution in [2.45, 2.75) is 89.7 Å². The topological polar surface area (TPSA) is 85.2 Å². The van der Waals surface area contributed by atoms with Gasteiger partial charge in [0.25, 0.3) is 0 Å². The third kappa shape index (κ3) is 5.93. The van der Waals surface area contributed by atoms with Crippen molar-refractivity contribution in [2.24, 2.45) is 0 Å². The second-order valence-electron chi connectivity index (χ2n) is 13.4. The van der Waals surface area contributed by atoms with Crippen molar-refractivity contribution in [3.8, 4) is 11.9 Å². The number of anilines is 1. The molecule has 9 heteroatoms. The Kier molecular flexibility index (Phi) is 8.03. The fourth-order valence-electron chi connectivity index (χ4n) is 7.16. The van der Waals surface area contributed by atoms with Crippen molar-refractivity contribution in [3.63, 3.8) is 0 Å². The fourth-order valence-corrected chi connectivity index (χ4v) is 7.16. The molecule has 5 heterocycles. The molecule has 9 nitrogen and oxygen atoms in total. The summed E-state index contributed by atoms with van der Waals surface area (Å²) in [6.07, 6.45) is 4.79. The maximum Gasteiger partial charge on any atom is 0.410 e. The normalized spacial score (nSPS) is 24.4. The van der Waals surface area contributed by atoms with Gasteiger partial charge in [0.15, 0.2) is 0 Å². The van der Waals surface area contributed by atoms with Crippen LogP contribution in [0.4, 0.5) is 10.6 Å². The van der Waals surface area contributed by atoms with Crippen LogP contribution in [-0.2, 0) is 24.2 Å². The molecule has 3 atom stereocenters. The van der Waals surface area contributed by atoms with Crippen molar-refractivity contribution in [2.75, 3.05) is 44.7 Å². The van der Waals surface area contributed by atoms with Gasteiger partial charge in [-0.2, -0.15) is 10.2 Å². The number of hydrogen-bond donors (Lipinski definition) is 0. The number of pyridine rings is 1. The summed E-state index contributed by atoms with van der Waals surface area (Å²) in [6, 6.07) is 13.5. The van der Waals surface area contributed by atoms with Crippen LogP contribution < -0.4 is 9.64 Å². The van der Waals surface area contributed by atoms with E-state index in [-0.39, 0.29) is 18.2 Å². The maximum atomic E-state index is 13.1. The minimum absolute atomic E-state index is 0.0846. The summed E-state index contributed by atoms with van der Waals surface area (Å²) in [4.78, 5) is 27.3. The van der Waals surface area contributed by atoms with Gasteiger partial charge in [0.05, 0.1) is 12.1 Å². The highest BCUT2D eigenvalue weighted by Gasteiger charge is 2.45. The van der Waals surface area contributed by atoms with Crippen LogP contribution in [-0.4, -0.2) is 89.3 Å². The SMILES string of the molecule is CN1CCC[C@H]1COc1nc(N2CC3CCC(C2)N3C(=O)OC(C)(C)C)c2c(c1C#N)CN(Cc1ccccc1)CC2. The summed E-state index contributed by atoms with van der Waals surface area (Å²) >= 11 is 0. The highest BCUT2D eigenvalue weighted by atomic mass is 16.6. The number of nitriles is 1. The fraction of sp³-hybridized carbons (Fsp3) is 0.606. The van der Waals surface area contributed by atoms with Crippen LogP contribution in [0.5, 0.6) is 5.88 Å². The molecule has 1 aromatic heterocycles. The zero-order chi connectivity index (χ0) is 29.4. The molecule has 4 aliphatic rings. The van der Waals surface area contributed by atoms with Gasteiger partial charge in [0, 0.05) is 44.3 Å². The summed E-state index contributed by atoms with van der Waals surface area (Å²) in [5.74, 6) is 1.38. The summed E-state index contributed by atoms with van der Waals surface area (Å²) in [5, 5.41) is 10.4. The number of hydrogen-bond acceptors (Lipinski definition) is 8. The van der Waals surface area contributed by atoms with Gasteiger partial charge in [0.1, 0.15) is 29.7 Å². The van der Waals surface area contributed by atoms with Crippen LogP contribution in [0.25, 0.3) is 0 Å². The predicted octanol–water partition coefficient (Wildman–Crippen LogP) is 4.57. The molecule has 0 radical (unpaired) electrons. The van der Waals surface area contributed by atoms with Gasteiger partial charge in [0.2, 0.25) is 5.88 Å². The Balaban J connectivity index is 1.30. The third-order valence-electron chi connectivity index (χ3n) is 9.25. The average molecular weight is 573 g/mol. The molecule has 3 saturated heterocycles.